The maximum atomic E-state index is 12.1. The molecule has 0 bridgehead atoms. The number of ketones is 1. The summed E-state index contributed by atoms with van der Waals surface area (Å²) in [4.78, 5) is 23.5. The predicted octanol–water partition coefficient (Wildman–Crippen LogP) is 2.70. The van der Waals surface area contributed by atoms with Crippen LogP contribution in [0.3, 0.4) is 0 Å². The lowest BCUT2D eigenvalue weighted by Gasteiger charge is -2.49. The second-order valence-electron chi connectivity index (χ2n) is 7.00. The Kier molecular flexibility index (Phi) is 3.53. The van der Waals surface area contributed by atoms with Crippen LogP contribution in [0, 0.1) is 16.7 Å². The van der Waals surface area contributed by atoms with Crippen molar-refractivity contribution in [1.82, 2.24) is 5.32 Å². The Hall–Kier alpha value is -1.57. The molecule has 0 spiro atoms. The van der Waals surface area contributed by atoms with Crippen LogP contribution in [0.5, 0.6) is 0 Å². The predicted molar refractivity (Wildman–Crippen MR) is 72.9 cm³/mol. The number of amides is 1. The zero-order valence-electron chi connectivity index (χ0n) is 12.4. The van der Waals surface area contributed by atoms with Crippen LogP contribution in [0.25, 0.3) is 0 Å². The van der Waals surface area contributed by atoms with E-state index in [1.807, 2.05) is 0 Å². The summed E-state index contributed by atoms with van der Waals surface area (Å²) in [5.41, 5.74) is -1.91. The molecule has 0 aromatic rings. The van der Waals surface area contributed by atoms with Gasteiger partial charge in [-0.2, -0.15) is 5.26 Å². The molecule has 0 saturated heterocycles. The monoisotopic (exact) mass is 278 g/mol. The molecule has 2 fully saturated rings. The van der Waals surface area contributed by atoms with E-state index in [1.165, 1.54) is 0 Å². The first-order chi connectivity index (χ1) is 9.22. The minimum atomic E-state index is -0.739. The zero-order chi connectivity index (χ0) is 15.0. The normalized spacial score (nSPS) is 23.6. The number of carbonyl (C=O) groups is 2. The zero-order valence-corrected chi connectivity index (χ0v) is 12.4. The third kappa shape index (κ3) is 2.52. The van der Waals surface area contributed by atoms with Gasteiger partial charge >= 0.3 is 6.09 Å². The lowest BCUT2D eigenvalue weighted by Crippen LogP contribution is -2.63. The van der Waals surface area contributed by atoms with Gasteiger partial charge in [-0.1, -0.05) is 12.8 Å². The van der Waals surface area contributed by atoms with Gasteiger partial charge in [0.15, 0.2) is 0 Å². The molecule has 0 radical (unpaired) electrons. The average molecular weight is 278 g/mol. The fourth-order valence-corrected chi connectivity index (χ4v) is 3.35. The molecule has 1 N–H and O–H groups in total. The van der Waals surface area contributed by atoms with E-state index < -0.39 is 22.6 Å². The van der Waals surface area contributed by atoms with Crippen LogP contribution in [0.4, 0.5) is 4.79 Å². The molecule has 0 aliphatic heterocycles. The molecule has 5 heteroatoms. The second kappa shape index (κ2) is 4.76. The van der Waals surface area contributed by atoms with Crippen molar-refractivity contribution in [2.75, 3.05) is 0 Å². The summed E-state index contributed by atoms with van der Waals surface area (Å²) < 4.78 is 5.32. The molecule has 0 unspecified atom stereocenters. The number of nitrogens with zero attached hydrogens (tertiary/aromatic N) is 1. The largest absolute Gasteiger partial charge is 0.444 e. The summed E-state index contributed by atoms with van der Waals surface area (Å²) in [6, 6.07) is 2.31. The molecule has 0 atom stereocenters. The van der Waals surface area contributed by atoms with Crippen molar-refractivity contribution in [3.63, 3.8) is 0 Å². The van der Waals surface area contributed by atoms with Crippen molar-refractivity contribution in [2.24, 2.45) is 5.41 Å². The number of ether oxygens (including phenoxy) is 1. The Morgan fingerprint density at radius 2 is 1.85 bits per heavy atom. The van der Waals surface area contributed by atoms with E-state index in [0.29, 0.717) is 0 Å². The summed E-state index contributed by atoms with van der Waals surface area (Å²) in [6.45, 7) is 5.42. The Morgan fingerprint density at radius 1 is 1.30 bits per heavy atom. The van der Waals surface area contributed by atoms with Gasteiger partial charge in [0.25, 0.3) is 0 Å². The van der Waals surface area contributed by atoms with Gasteiger partial charge in [-0.15, -0.1) is 0 Å². The topological polar surface area (TPSA) is 79.2 Å². The highest BCUT2D eigenvalue weighted by atomic mass is 16.6. The van der Waals surface area contributed by atoms with Crippen molar-refractivity contribution in [3.8, 4) is 6.07 Å². The fraction of sp³-hybridized carbons (Fsp3) is 0.800. The summed E-state index contributed by atoms with van der Waals surface area (Å²) in [7, 11) is 0. The number of Topliss-reactive ketones (excluding diaryl/α,β-unsaturated/α-hetero) is 1. The number of alkyl carbamates (subject to hydrolysis) is 1. The highest BCUT2D eigenvalue weighted by Gasteiger charge is 2.60. The maximum Gasteiger partial charge on any atom is 0.408 e. The molecule has 110 valence electrons. The molecular formula is C15H22N2O3. The van der Waals surface area contributed by atoms with Crippen molar-refractivity contribution in [2.45, 2.75) is 70.4 Å². The van der Waals surface area contributed by atoms with E-state index in [4.69, 9.17) is 4.74 Å². The number of nitriles is 1. The smallest absolute Gasteiger partial charge is 0.408 e. The van der Waals surface area contributed by atoms with Crippen LogP contribution in [-0.2, 0) is 9.53 Å². The molecule has 0 aromatic carbocycles. The summed E-state index contributed by atoms with van der Waals surface area (Å²) in [5, 5.41) is 12.5. The first-order valence-electron chi connectivity index (χ1n) is 7.16. The number of hydrogen-bond acceptors (Lipinski definition) is 4. The Labute approximate surface area is 119 Å². The van der Waals surface area contributed by atoms with Crippen LogP contribution in [0.1, 0.15) is 59.3 Å². The van der Waals surface area contributed by atoms with E-state index in [0.717, 1.165) is 25.7 Å². The van der Waals surface area contributed by atoms with E-state index in [9.17, 15) is 14.9 Å². The van der Waals surface area contributed by atoms with Crippen molar-refractivity contribution in [1.29, 1.82) is 5.26 Å². The first-order valence-corrected chi connectivity index (χ1v) is 7.16. The molecule has 0 heterocycles. The van der Waals surface area contributed by atoms with Crippen molar-refractivity contribution < 1.29 is 14.3 Å². The standard InChI is InChI=1S/C15H22N2O3/c1-13(2,3)20-12(19)17-15(6-4-5-7-15)14(10-16)8-11(18)9-14/h4-9H2,1-3H3,(H,17,19). The summed E-state index contributed by atoms with van der Waals surface area (Å²) in [6.07, 6.45) is 3.42. The van der Waals surface area contributed by atoms with Crippen LogP contribution in [0.15, 0.2) is 0 Å². The van der Waals surface area contributed by atoms with Gasteiger partial charge in [0.1, 0.15) is 11.4 Å². The SMILES string of the molecule is CC(C)(C)OC(=O)NC1(C2(C#N)CC(=O)C2)CCCC1. The van der Waals surface area contributed by atoms with Crippen molar-refractivity contribution in [3.05, 3.63) is 0 Å². The second-order valence-corrected chi connectivity index (χ2v) is 7.00. The van der Waals surface area contributed by atoms with Crippen LogP contribution >= 0.6 is 0 Å². The van der Waals surface area contributed by atoms with Crippen LogP contribution < -0.4 is 5.32 Å². The molecular weight excluding hydrogens is 256 g/mol. The number of nitrogens with one attached hydrogen (secondary N) is 1. The van der Waals surface area contributed by atoms with Gasteiger partial charge in [0, 0.05) is 12.8 Å². The fourth-order valence-electron chi connectivity index (χ4n) is 3.35. The number of rotatable bonds is 2. The van der Waals surface area contributed by atoms with Gasteiger partial charge in [-0.25, -0.2) is 4.79 Å². The molecule has 2 aliphatic rings. The van der Waals surface area contributed by atoms with E-state index in [1.54, 1.807) is 20.8 Å². The maximum absolute atomic E-state index is 12.1. The third-order valence-electron chi connectivity index (χ3n) is 4.33. The minimum absolute atomic E-state index is 0.101. The van der Waals surface area contributed by atoms with Gasteiger partial charge in [0.2, 0.25) is 0 Å². The van der Waals surface area contributed by atoms with Gasteiger partial charge < -0.3 is 10.1 Å². The Morgan fingerprint density at radius 3 is 2.25 bits per heavy atom. The van der Waals surface area contributed by atoms with Gasteiger partial charge in [-0.05, 0) is 33.6 Å². The number of hydrogen-bond donors (Lipinski definition) is 1. The Bertz CT molecular complexity index is 456. The van der Waals surface area contributed by atoms with Crippen molar-refractivity contribution >= 4 is 11.9 Å². The average Bonchev–Trinajstić information content (AvgIpc) is 2.71. The van der Waals surface area contributed by atoms with E-state index in [2.05, 4.69) is 11.4 Å². The van der Waals surface area contributed by atoms with E-state index in [-0.39, 0.29) is 18.6 Å². The lowest BCUT2D eigenvalue weighted by molar-refractivity contribution is -0.134. The first kappa shape index (κ1) is 14.8. The third-order valence-corrected chi connectivity index (χ3v) is 4.33. The van der Waals surface area contributed by atoms with E-state index >= 15 is 0 Å². The minimum Gasteiger partial charge on any atom is -0.444 e. The Balaban J connectivity index is 2.17. The number of carbonyl (C=O) groups excluding carboxylic acids is 2. The summed E-state index contributed by atoms with van der Waals surface area (Å²) in [5.74, 6) is 0.101. The summed E-state index contributed by atoms with van der Waals surface area (Å²) >= 11 is 0. The molecule has 5 nitrogen and oxygen atoms in total. The highest BCUT2D eigenvalue weighted by molar-refractivity contribution is 5.88. The molecule has 20 heavy (non-hydrogen) atoms. The van der Waals surface area contributed by atoms with Crippen LogP contribution in [0.2, 0.25) is 0 Å². The molecule has 0 aromatic heterocycles. The molecule has 2 saturated carbocycles. The van der Waals surface area contributed by atoms with Gasteiger partial charge in [0.05, 0.1) is 17.0 Å². The quantitative estimate of drug-likeness (QED) is 0.842. The van der Waals surface area contributed by atoms with Crippen LogP contribution in [-0.4, -0.2) is 23.0 Å². The lowest BCUT2D eigenvalue weighted by atomic mass is 9.56. The molecule has 2 aliphatic carbocycles. The van der Waals surface area contributed by atoms with Gasteiger partial charge in [-0.3, -0.25) is 4.79 Å². The molecule has 2 rings (SSSR count). The molecule has 1 amide bonds. The highest BCUT2D eigenvalue weighted by Crippen LogP contribution is 2.53.